The molecule has 3 nitrogen and oxygen atoms in total. The third-order valence-electron chi connectivity index (χ3n) is 0.746. The summed E-state index contributed by atoms with van der Waals surface area (Å²) in [5.41, 5.74) is 0. The van der Waals surface area contributed by atoms with E-state index in [1.54, 1.807) is 14.0 Å². The fourth-order valence-corrected chi connectivity index (χ4v) is 0.370. The second-order valence-corrected chi connectivity index (χ2v) is 1.62. The molecule has 50 valence electrons. The van der Waals surface area contributed by atoms with Crippen LogP contribution in [0.3, 0.4) is 0 Å². The average Bonchev–Trinajstić information content (AvgIpc) is 1.66. The Morgan fingerprint density at radius 3 is 2.75 bits per heavy atom. The van der Waals surface area contributed by atoms with Crippen LogP contribution in [0.2, 0.25) is 0 Å². The van der Waals surface area contributed by atoms with Crippen LogP contribution in [0.5, 0.6) is 0 Å². The van der Waals surface area contributed by atoms with Crippen molar-refractivity contribution in [3.8, 4) is 0 Å². The second-order valence-electron chi connectivity index (χ2n) is 1.62. The van der Waals surface area contributed by atoms with E-state index in [2.05, 4.69) is 5.32 Å². The molecule has 1 unspecified atom stereocenters. The molecule has 0 amide bonds. The zero-order valence-corrected chi connectivity index (χ0v) is 5.35. The number of aliphatic hydroxyl groups excluding tert-OH is 1. The number of hydrogen-bond donors (Lipinski definition) is 2. The van der Waals surface area contributed by atoms with Crippen LogP contribution in [0.25, 0.3) is 0 Å². The van der Waals surface area contributed by atoms with Gasteiger partial charge in [0.15, 0.2) is 0 Å². The van der Waals surface area contributed by atoms with Crippen molar-refractivity contribution in [2.75, 3.05) is 20.3 Å². The Kier molecular flexibility index (Phi) is 4.95. The van der Waals surface area contributed by atoms with Crippen LogP contribution in [-0.2, 0) is 4.74 Å². The van der Waals surface area contributed by atoms with Crippen LogP contribution in [0.4, 0.5) is 0 Å². The molecule has 0 aliphatic rings. The molecule has 8 heavy (non-hydrogen) atoms. The van der Waals surface area contributed by atoms with Crippen LogP contribution < -0.4 is 5.32 Å². The highest BCUT2D eigenvalue weighted by atomic mass is 16.5. The summed E-state index contributed by atoms with van der Waals surface area (Å²) in [7, 11) is 1.63. The molecule has 0 spiro atoms. The van der Waals surface area contributed by atoms with Gasteiger partial charge in [0.05, 0.1) is 6.61 Å². The number of aliphatic hydroxyl groups is 1. The first kappa shape index (κ1) is 7.88. The molecule has 0 aromatic heterocycles. The molecule has 2 N–H and O–H groups in total. The van der Waals surface area contributed by atoms with Crippen LogP contribution in [0.1, 0.15) is 6.92 Å². The minimum atomic E-state index is -0.426. The predicted octanol–water partition coefficient (Wildman–Crippen LogP) is -0.439. The van der Waals surface area contributed by atoms with Crippen LogP contribution in [0, 0.1) is 0 Å². The molecule has 0 aromatic carbocycles. The van der Waals surface area contributed by atoms with Crippen molar-refractivity contribution in [3.05, 3.63) is 0 Å². The Bertz CT molecular complexity index is 47.7. The van der Waals surface area contributed by atoms with E-state index in [1.165, 1.54) is 0 Å². The quantitative estimate of drug-likeness (QED) is 0.389. The van der Waals surface area contributed by atoms with Crippen molar-refractivity contribution in [2.24, 2.45) is 0 Å². The van der Waals surface area contributed by atoms with Gasteiger partial charge in [-0.3, -0.25) is 5.32 Å². The highest BCUT2D eigenvalue weighted by Gasteiger charge is 1.89. The molecule has 0 bridgehead atoms. The predicted molar refractivity (Wildman–Crippen MR) is 31.6 cm³/mol. The Labute approximate surface area is 49.7 Å². The molecule has 1 atom stereocenters. The van der Waals surface area contributed by atoms with Gasteiger partial charge in [-0.2, -0.15) is 0 Å². The normalized spacial score (nSPS) is 13.9. The van der Waals surface area contributed by atoms with E-state index in [9.17, 15) is 0 Å². The first-order valence-electron chi connectivity index (χ1n) is 2.67. The molecule has 0 rings (SSSR count). The van der Waals surface area contributed by atoms with Crippen LogP contribution in [0.15, 0.2) is 0 Å². The van der Waals surface area contributed by atoms with E-state index in [0.717, 1.165) is 0 Å². The fraction of sp³-hybridized carbons (Fsp3) is 1.00. The van der Waals surface area contributed by atoms with Gasteiger partial charge in [-0.25, -0.2) is 0 Å². The van der Waals surface area contributed by atoms with E-state index in [-0.39, 0.29) is 0 Å². The molecule has 0 fully saturated rings. The standard InChI is InChI=1S/C5H13NO2/c1-5(7)6-3-4-8-2/h5-7H,3-4H2,1-2H3. The topological polar surface area (TPSA) is 41.5 Å². The maximum Gasteiger partial charge on any atom is 0.102 e. The molecular weight excluding hydrogens is 106 g/mol. The summed E-state index contributed by atoms with van der Waals surface area (Å²) in [5.74, 6) is 0. The molecule has 0 saturated carbocycles. The highest BCUT2D eigenvalue weighted by molar-refractivity contribution is 4.42. The van der Waals surface area contributed by atoms with E-state index in [0.29, 0.717) is 13.2 Å². The first-order valence-corrected chi connectivity index (χ1v) is 2.67. The van der Waals surface area contributed by atoms with Crippen molar-refractivity contribution in [1.82, 2.24) is 5.32 Å². The minimum absolute atomic E-state index is 0.426. The minimum Gasteiger partial charge on any atom is -0.383 e. The molecule has 0 heterocycles. The third kappa shape index (κ3) is 5.88. The molecular formula is C5H13NO2. The van der Waals surface area contributed by atoms with Gasteiger partial charge in [0.2, 0.25) is 0 Å². The van der Waals surface area contributed by atoms with E-state index in [4.69, 9.17) is 9.84 Å². The van der Waals surface area contributed by atoms with Crippen molar-refractivity contribution < 1.29 is 9.84 Å². The van der Waals surface area contributed by atoms with Crippen LogP contribution >= 0.6 is 0 Å². The Balaban J connectivity index is 2.72. The Morgan fingerprint density at radius 2 is 2.38 bits per heavy atom. The smallest absolute Gasteiger partial charge is 0.102 e. The fourth-order valence-electron chi connectivity index (χ4n) is 0.370. The Hall–Kier alpha value is -0.120. The summed E-state index contributed by atoms with van der Waals surface area (Å²) in [6.45, 7) is 3.02. The summed E-state index contributed by atoms with van der Waals surface area (Å²) in [4.78, 5) is 0. The van der Waals surface area contributed by atoms with Gasteiger partial charge >= 0.3 is 0 Å². The summed E-state index contributed by atoms with van der Waals surface area (Å²) < 4.78 is 4.72. The van der Waals surface area contributed by atoms with E-state index >= 15 is 0 Å². The number of nitrogens with one attached hydrogen (secondary N) is 1. The van der Waals surface area contributed by atoms with Crippen LogP contribution in [-0.4, -0.2) is 31.6 Å². The zero-order chi connectivity index (χ0) is 6.41. The molecule has 0 radical (unpaired) electrons. The molecule has 3 heteroatoms. The number of rotatable bonds is 4. The van der Waals surface area contributed by atoms with Gasteiger partial charge < -0.3 is 9.84 Å². The van der Waals surface area contributed by atoms with Crippen molar-refractivity contribution >= 4 is 0 Å². The van der Waals surface area contributed by atoms with Crippen molar-refractivity contribution in [2.45, 2.75) is 13.2 Å². The van der Waals surface area contributed by atoms with E-state index < -0.39 is 6.23 Å². The molecule has 0 aromatic rings. The van der Waals surface area contributed by atoms with Gasteiger partial charge in [-0.15, -0.1) is 0 Å². The monoisotopic (exact) mass is 119 g/mol. The molecule has 0 aliphatic carbocycles. The van der Waals surface area contributed by atoms with Gasteiger partial charge in [0, 0.05) is 13.7 Å². The van der Waals surface area contributed by atoms with Gasteiger partial charge in [-0.05, 0) is 6.92 Å². The molecule has 0 saturated heterocycles. The molecule has 0 aliphatic heterocycles. The summed E-state index contributed by atoms with van der Waals surface area (Å²) >= 11 is 0. The van der Waals surface area contributed by atoms with Crippen molar-refractivity contribution in [1.29, 1.82) is 0 Å². The maximum atomic E-state index is 8.61. The second kappa shape index (κ2) is 5.03. The SMILES string of the molecule is COCCNC(C)O. The van der Waals surface area contributed by atoms with Crippen molar-refractivity contribution in [3.63, 3.8) is 0 Å². The zero-order valence-electron chi connectivity index (χ0n) is 5.35. The average molecular weight is 119 g/mol. The highest BCUT2D eigenvalue weighted by Crippen LogP contribution is 1.69. The number of ether oxygens (including phenoxy) is 1. The lowest BCUT2D eigenvalue weighted by Crippen LogP contribution is -2.28. The van der Waals surface area contributed by atoms with Gasteiger partial charge in [-0.1, -0.05) is 0 Å². The largest absolute Gasteiger partial charge is 0.383 e. The lowest BCUT2D eigenvalue weighted by Gasteiger charge is -2.04. The Morgan fingerprint density at radius 1 is 1.75 bits per heavy atom. The van der Waals surface area contributed by atoms with Gasteiger partial charge in [0.25, 0.3) is 0 Å². The number of hydrogen-bond acceptors (Lipinski definition) is 3. The van der Waals surface area contributed by atoms with Gasteiger partial charge in [0.1, 0.15) is 6.23 Å². The third-order valence-corrected chi connectivity index (χ3v) is 0.746. The maximum absolute atomic E-state index is 8.61. The lowest BCUT2D eigenvalue weighted by molar-refractivity contribution is 0.132. The summed E-state index contributed by atoms with van der Waals surface area (Å²) in [6, 6.07) is 0. The van der Waals surface area contributed by atoms with E-state index in [1.807, 2.05) is 0 Å². The first-order chi connectivity index (χ1) is 3.77. The summed E-state index contributed by atoms with van der Waals surface area (Å²) in [6.07, 6.45) is -0.426. The summed E-state index contributed by atoms with van der Waals surface area (Å²) in [5, 5.41) is 11.4. The number of methoxy groups -OCH3 is 1. The lowest BCUT2D eigenvalue weighted by atomic mass is 10.6.